The van der Waals surface area contributed by atoms with Gasteiger partial charge in [0.25, 0.3) is 5.56 Å². The van der Waals surface area contributed by atoms with Gasteiger partial charge in [-0.1, -0.05) is 12.1 Å². The average Bonchev–Trinajstić information content (AvgIpc) is 3.31. The summed E-state index contributed by atoms with van der Waals surface area (Å²) < 4.78 is 32.3. The van der Waals surface area contributed by atoms with Gasteiger partial charge in [0.05, 0.1) is 11.9 Å². The van der Waals surface area contributed by atoms with Crippen molar-refractivity contribution in [1.82, 2.24) is 24.3 Å². The zero-order valence-corrected chi connectivity index (χ0v) is 16.3. The summed E-state index contributed by atoms with van der Waals surface area (Å²) in [5.74, 6) is -0.502. The van der Waals surface area contributed by atoms with Gasteiger partial charge in [0.15, 0.2) is 10.8 Å². The molecule has 0 aliphatic rings. The average molecular weight is 432 g/mol. The minimum atomic E-state index is -2.96. The zero-order valence-electron chi connectivity index (χ0n) is 15.5. The van der Waals surface area contributed by atoms with Gasteiger partial charge in [-0.25, -0.2) is 9.97 Å². The van der Waals surface area contributed by atoms with Crippen LogP contribution in [0.5, 0.6) is 5.75 Å². The fourth-order valence-corrected chi connectivity index (χ4v) is 3.55. The normalized spacial score (nSPS) is 11.2. The van der Waals surface area contributed by atoms with Crippen molar-refractivity contribution in [3.63, 3.8) is 0 Å². The molecule has 0 bridgehead atoms. The highest BCUT2D eigenvalue weighted by Gasteiger charge is 2.15. The maximum absolute atomic E-state index is 12.6. The van der Waals surface area contributed by atoms with Crippen molar-refractivity contribution < 1.29 is 18.3 Å². The van der Waals surface area contributed by atoms with Crippen LogP contribution in [-0.4, -0.2) is 36.8 Å². The minimum absolute atomic E-state index is 0.0157. The number of fused-ring (bicyclic) bond motifs is 1. The highest BCUT2D eigenvalue weighted by atomic mass is 32.1. The summed E-state index contributed by atoms with van der Waals surface area (Å²) in [6.45, 7) is -3.23. The fraction of sp³-hybridized carbons (Fsp3) is 0.167. The van der Waals surface area contributed by atoms with Crippen LogP contribution < -0.4 is 15.6 Å². The molecular weight excluding hydrogens is 418 g/mol. The Bertz CT molecular complexity index is 1280. The number of carbonyl (C=O) groups is 1. The Morgan fingerprint density at radius 1 is 1.33 bits per heavy atom. The predicted molar refractivity (Wildman–Crippen MR) is 106 cm³/mol. The maximum Gasteiger partial charge on any atom is 0.387 e. The number of aromatic nitrogens is 5. The van der Waals surface area contributed by atoms with Crippen molar-refractivity contribution in [3.8, 4) is 17.0 Å². The number of anilines is 1. The number of nitrogens with one attached hydrogen (secondary N) is 1. The van der Waals surface area contributed by atoms with Crippen molar-refractivity contribution in [2.24, 2.45) is 7.05 Å². The van der Waals surface area contributed by atoms with Crippen molar-refractivity contribution in [3.05, 3.63) is 52.5 Å². The molecule has 1 N–H and O–H groups in total. The molecule has 0 radical (unpaired) electrons. The molecule has 0 saturated carbocycles. The molecule has 0 aliphatic carbocycles. The monoisotopic (exact) mass is 432 g/mol. The Hall–Kier alpha value is -3.67. The molecule has 1 aromatic carbocycles. The standard InChI is InChI=1S/C18H14F2N6O3S/c1-25-15-11(6-22-25)16(28)26(9-21-15)7-14(27)24-18-23-12(8-30-18)10-4-2-3-5-13(10)29-17(19)20/h2-6,8-9,17H,7H2,1H3,(H,23,24,27). The summed E-state index contributed by atoms with van der Waals surface area (Å²) in [7, 11) is 1.66. The third-order valence-electron chi connectivity index (χ3n) is 4.16. The zero-order chi connectivity index (χ0) is 21.3. The molecule has 0 aliphatic heterocycles. The summed E-state index contributed by atoms with van der Waals surface area (Å²) >= 11 is 1.12. The lowest BCUT2D eigenvalue weighted by molar-refractivity contribution is -0.116. The van der Waals surface area contributed by atoms with Crippen LogP contribution in [0.3, 0.4) is 0 Å². The van der Waals surface area contributed by atoms with Gasteiger partial charge in [0.1, 0.15) is 24.0 Å². The highest BCUT2D eigenvalue weighted by molar-refractivity contribution is 7.14. The van der Waals surface area contributed by atoms with Gasteiger partial charge in [-0.15, -0.1) is 11.3 Å². The van der Waals surface area contributed by atoms with E-state index >= 15 is 0 Å². The maximum atomic E-state index is 12.6. The number of rotatable bonds is 6. The quantitative estimate of drug-likeness (QED) is 0.502. The largest absolute Gasteiger partial charge is 0.434 e. The van der Waals surface area contributed by atoms with Gasteiger partial charge in [0, 0.05) is 18.0 Å². The molecule has 12 heteroatoms. The molecule has 0 spiro atoms. The molecule has 154 valence electrons. The number of thiazole rings is 1. The first kappa shape index (κ1) is 19.6. The minimum Gasteiger partial charge on any atom is -0.434 e. The Labute approximate surface area is 171 Å². The summed E-state index contributed by atoms with van der Waals surface area (Å²) in [4.78, 5) is 33.2. The topological polar surface area (TPSA) is 104 Å². The van der Waals surface area contributed by atoms with Crippen LogP contribution >= 0.6 is 11.3 Å². The Morgan fingerprint density at radius 2 is 2.13 bits per heavy atom. The van der Waals surface area contributed by atoms with E-state index in [1.807, 2.05) is 0 Å². The first-order chi connectivity index (χ1) is 14.4. The number of nitrogens with zero attached hydrogens (tertiary/aromatic N) is 5. The van der Waals surface area contributed by atoms with E-state index in [0.29, 0.717) is 22.3 Å². The molecule has 0 unspecified atom stereocenters. The molecule has 4 aromatic rings. The molecule has 30 heavy (non-hydrogen) atoms. The third kappa shape index (κ3) is 3.89. The van der Waals surface area contributed by atoms with E-state index in [1.54, 1.807) is 30.6 Å². The van der Waals surface area contributed by atoms with E-state index in [9.17, 15) is 18.4 Å². The van der Waals surface area contributed by atoms with Crippen molar-refractivity contribution >= 4 is 33.4 Å². The molecule has 3 aromatic heterocycles. The predicted octanol–water partition coefficient (Wildman–Crippen LogP) is 2.49. The number of aryl methyl sites for hydroxylation is 1. The van der Waals surface area contributed by atoms with E-state index in [2.05, 4.69) is 25.1 Å². The van der Waals surface area contributed by atoms with Crippen molar-refractivity contribution in [2.45, 2.75) is 13.2 Å². The lowest BCUT2D eigenvalue weighted by Gasteiger charge is -2.08. The third-order valence-corrected chi connectivity index (χ3v) is 4.92. The SMILES string of the molecule is Cn1ncc2c(=O)n(CC(=O)Nc3nc(-c4ccccc4OC(F)F)cs3)cnc21. The second-order valence-electron chi connectivity index (χ2n) is 6.14. The van der Waals surface area contributed by atoms with Gasteiger partial charge in [0.2, 0.25) is 5.91 Å². The van der Waals surface area contributed by atoms with Crippen LogP contribution in [0.15, 0.2) is 47.0 Å². The summed E-state index contributed by atoms with van der Waals surface area (Å²) in [5, 5.41) is 8.74. The van der Waals surface area contributed by atoms with Gasteiger partial charge >= 0.3 is 6.61 Å². The summed E-state index contributed by atoms with van der Waals surface area (Å²) in [5.41, 5.74) is 0.784. The van der Waals surface area contributed by atoms with E-state index < -0.39 is 12.5 Å². The number of amides is 1. The number of carbonyl (C=O) groups excluding carboxylic acids is 1. The van der Waals surface area contributed by atoms with Crippen LogP contribution in [0, 0.1) is 0 Å². The first-order valence-corrected chi connectivity index (χ1v) is 9.47. The van der Waals surface area contributed by atoms with Crippen LogP contribution in [0.2, 0.25) is 0 Å². The van der Waals surface area contributed by atoms with Crippen LogP contribution in [-0.2, 0) is 18.4 Å². The van der Waals surface area contributed by atoms with Crippen molar-refractivity contribution in [1.29, 1.82) is 0 Å². The smallest absolute Gasteiger partial charge is 0.387 e. The van der Waals surface area contributed by atoms with Gasteiger partial charge in [-0.3, -0.25) is 18.8 Å². The number of benzene rings is 1. The summed E-state index contributed by atoms with van der Waals surface area (Å²) in [6.07, 6.45) is 2.67. The number of halogens is 2. The highest BCUT2D eigenvalue weighted by Crippen LogP contribution is 2.32. The second-order valence-corrected chi connectivity index (χ2v) is 7.00. The Kier molecular flexibility index (Phi) is 5.23. The summed E-state index contributed by atoms with van der Waals surface area (Å²) in [6, 6.07) is 6.24. The molecular formula is C18H14F2N6O3S. The number of para-hydroxylation sites is 1. The molecule has 0 fully saturated rings. The fourth-order valence-electron chi connectivity index (χ4n) is 2.82. The number of alkyl halides is 2. The van der Waals surface area contributed by atoms with E-state index in [-0.39, 0.29) is 23.0 Å². The lowest BCUT2D eigenvalue weighted by Crippen LogP contribution is -2.27. The Morgan fingerprint density at radius 3 is 2.93 bits per heavy atom. The second kappa shape index (κ2) is 7.99. The first-order valence-electron chi connectivity index (χ1n) is 8.59. The molecule has 0 saturated heterocycles. The van der Waals surface area contributed by atoms with Crippen LogP contribution in [0.25, 0.3) is 22.3 Å². The van der Waals surface area contributed by atoms with Crippen LogP contribution in [0.4, 0.5) is 13.9 Å². The van der Waals surface area contributed by atoms with Crippen LogP contribution in [0.1, 0.15) is 0 Å². The van der Waals surface area contributed by atoms with Gasteiger partial charge in [-0.05, 0) is 12.1 Å². The molecule has 0 atom stereocenters. The molecule has 1 amide bonds. The molecule has 4 rings (SSSR count). The lowest BCUT2D eigenvalue weighted by atomic mass is 10.1. The van der Waals surface area contributed by atoms with E-state index in [4.69, 9.17) is 0 Å². The van der Waals surface area contributed by atoms with E-state index in [0.717, 1.165) is 11.3 Å². The Balaban J connectivity index is 1.50. The van der Waals surface area contributed by atoms with Gasteiger partial charge in [-0.2, -0.15) is 13.9 Å². The number of ether oxygens (including phenoxy) is 1. The number of hydrogen-bond acceptors (Lipinski definition) is 7. The van der Waals surface area contributed by atoms with Crippen molar-refractivity contribution in [2.75, 3.05) is 5.32 Å². The van der Waals surface area contributed by atoms with E-state index in [1.165, 1.54) is 27.8 Å². The number of hydrogen-bond donors (Lipinski definition) is 1. The van der Waals surface area contributed by atoms with Gasteiger partial charge < -0.3 is 10.1 Å². The molecule has 9 nitrogen and oxygen atoms in total. The molecule has 3 heterocycles.